The van der Waals surface area contributed by atoms with Gasteiger partial charge in [-0.1, -0.05) is 17.3 Å². The number of halogens is 2. The molecule has 248 valence electrons. The fraction of sp³-hybridized carbons (Fsp3) is 0.212. The summed E-state index contributed by atoms with van der Waals surface area (Å²) in [5, 5.41) is 23.0. The summed E-state index contributed by atoms with van der Waals surface area (Å²) in [5.41, 5.74) is 4.18. The summed E-state index contributed by atoms with van der Waals surface area (Å²) in [6.07, 6.45) is 1.87. The van der Waals surface area contributed by atoms with Crippen LogP contribution in [0, 0.1) is 11.6 Å². The van der Waals surface area contributed by atoms with Crippen molar-refractivity contribution in [1.82, 2.24) is 25.2 Å². The highest BCUT2D eigenvalue weighted by atomic mass is 19.1. The highest BCUT2D eigenvalue weighted by Crippen LogP contribution is 2.30. The third kappa shape index (κ3) is 7.20. The molecule has 2 amide bonds. The maximum atomic E-state index is 15.4. The Morgan fingerprint density at radius 3 is 2.35 bits per heavy atom. The van der Waals surface area contributed by atoms with Gasteiger partial charge in [0, 0.05) is 29.6 Å². The van der Waals surface area contributed by atoms with E-state index in [1.807, 2.05) is 0 Å². The first-order valence-electron chi connectivity index (χ1n) is 14.5. The summed E-state index contributed by atoms with van der Waals surface area (Å²) in [6, 6.07) is 14.3. The molecule has 2 aromatic heterocycles. The van der Waals surface area contributed by atoms with Crippen molar-refractivity contribution in [2.45, 2.75) is 45.4 Å². The molecule has 15 heteroatoms. The van der Waals surface area contributed by atoms with Crippen LogP contribution in [-0.4, -0.2) is 48.6 Å². The smallest absolute Gasteiger partial charge is 0.412 e. The number of carbonyl (C=O) groups is 3. The van der Waals surface area contributed by atoms with Crippen LogP contribution in [0.3, 0.4) is 0 Å². The van der Waals surface area contributed by atoms with Crippen LogP contribution < -0.4 is 16.4 Å². The fourth-order valence-electron chi connectivity index (χ4n) is 4.55. The van der Waals surface area contributed by atoms with Crippen LogP contribution in [0.2, 0.25) is 0 Å². The van der Waals surface area contributed by atoms with Crippen LogP contribution in [0.1, 0.15) is 49.2 Å². The molecule has 0 bridgehead atoms. The molecule has 0 aliphatic rings. The number of amides is 2. The average Bonchev–Trinajstić information content (AvgIpc) is 3.71. The minimum Gasteiger partial charge on any atom is -0.479 e. The zero-order chi connectivity index (χ0) is 34.8. The molecule has 0 saturated carbocycles. The Morgan fingerprint density at radius 1 is 1.00 bits per heavy atom. The molecule has 0 fully saturated rings. The van der Waals surface area contributed by atoms with Crippen LogP contribution in [-0.2, 0) is 21.6 Å². The Bertz CT molecular complexity index is 2000. The van der Waals surface area contributed by atoms with Crippen molar-refractivity contribution in [3.8, 4) is 28.5 Å². The number of carboxylic acids is 1. The van der Waals surface area contributed by atoms with Crippen molar-refractivity contribution in [3.05, 3.63) is 101 Å². The van der Waals surface area contributed by atoms with E-state index in [0.717, 1.165) is 6.07 Å². The summed E-state index contributed by atoms with van der Waals surface area (Å²) >= 11 is 0. The molecule has 3 aromatic carbocycles. The molecule has 0 aliphatic carbocycles. The van der Waals surface area contributed by atoms with Crippen LogP contribution in [0.4, 0.5) is 19.3 Å². The largest absolute Gasteiger partial charge is 0.479 e. The maximum Gasteiger partial charge on any atom is 0.412 e. The van der Waals surface area contributed by atoms with E-state index >= 15 is 4.39 Å². The molecule has 1 atom stereocenters. The maximum absolute atomic E-state index is 15.4. The number of nitrogens with one attached hydrogen (secondary N) is 2. The molecular formula is C33H31F2N7O6. The molecule has 2 heterocycles. The van der Waals surface area contributed by atoms with Gasteiger partial charge in [0.2, 0.25) is 5.82 Å². The number of hydrogen-bond donors (Lipinski definition) is 4. The normalized spacial score (nSPS) is 12.6. The van der Waals surface area contributed by atoms with Gasteiger partial charge in [0.15, 0.2) is 5.54 Å². The number of carbonyl (C=O) groups excluding carboxylic acids is 2. The Balaban J connectivity index is 1.31. The number of nitrogens with zero attached hydrogens (tertiary/aromatic N) is 4. The van der Waals surface area contributed by atoms with Crippen molar-refractivity contribution in [3.63, 3.8) is 0 Å². The number of carboxylic acid groups (broad SMARTS) is 1. The number of hydrogen-bond acceptors (Lipinski definition) is 9. The van der Waals surface area contributed by atoms with E-state index in [4.69, 9.17) is 15.0 Å². The Kier molecular flexibility index (Phi) is 9.07. The van der Waals surface area contributed by atoms with Crippen molar-refractivity contribution in [1.29, 1.82) is 0 Å². The molecule has 48 heavy (non-hydrogen) atoms. The standard InChI is InChI=1S/C33H31F2N7O6/c1-32(2,3)47-31(46)38-22-9-5-18(6-10-22)29-39-27(41-48-29)24-12-8-21(13-26(24)35)33(4,30(44)45)40-28(43)20-16-37-42(17-20)23-11-7-19(15-36)25(34)14-23/h5-14,16-17H,15,36H2,1-4H3,(H,38,46)(H,40,43)(H,44,45). The molecule has 0 spiro atoms. The Labute approximate surface area is 272 Å². The summed E-state index contributed by atoms with van der Waals surface area (Å²) in [5.74, 6) is -3.71. The lowest BCUT2D eigenvalue weighted by atomic mass is 9.90. The van der Waals surface area contributed by atoms with Gasteiger partial charge < -0.3 is 25.4 Å². The van der Waals surface area contributed by atoms with Gasteiger partial charge in [-0.3, -0.25) is 10.1 Å². The van der Waals surface area contributed by atoms with E-state index in [9.17, 15) is 23.9 Å². The van der Waals surface area contributed by atoms with Gasteiger partial charge in [0.25, 0.3) is 11.8 Å². The number of rotatable bonds is 9. The number of aliphatic carboxylic acids is 1. The molecule has 13 nitrogen and oxygen atoms in total. The quantitative estimate of drug-likeness (QED) is 0.159. The number of nitrogens with two attached hydrogens (primary N) is 1. The van der Waals surface area contributed by atoms with Gasteiger partial charge in [-0.2, -0.15) is 10.1 Å². The number of anilines is 1. The predicted molar refractivity (Wildman–Crippen MR) is 169 cm³/mol. The van der Waals surface area contributed by atoms with E-state index < -0.39 is 40.7 Å². The van der Waals surface area contributed by atoms with E-state index in [-0.39, 0.29) is 35.0 Å². The fourth-order valence-corrected chi connectivity index (χ4v) is 4.55. The predicted octanol–water partition coefficient (Wildman–Crippen LogP) is 5.40. The minimum atomic E-state index is -2.06. The number of ether oxygens (including phenoxy) is 1. The van der Waals surface area contributed by atoms with E-state index in [0.29, 0.717) is 22.5 Å². The first-order chi connectivity index (χ1) is 22.7. The van der Waals surface area contributed by atoms with Crippen LogP contribution in [0.5, 0.6) is 0 Å². The van der Waals surface area contributed by atoms with Gasteiger partial charge in [-0.25, -0.2) is 23.1 Å². The number of benzene rings is 3. The highest BCUT2D eigenvalue weighted by Gasteiger charge is 2.38. The SMILES string of the molecule is CC(C)(C)OC(=O)Nc1ccc(-c2nc(-c3ccc(C(C)(NC(=O)c4cnn(-c5ccc(CN)c(F)c5)c4)C(=O)O)cc3F)no2)cc1. The van der Waals surface area contributed by atoms with E-state index in [1.54, 1.807) is 51.1 Å². The zero-order valence-corrected chi connectivity index (χ0v) is 26.2. The number of aromatic nitrogens is 4. The van der Waals surface area contributed by atoms with E-state index in [2.05, 4.69) is 25.9 Å². The Morgan fingerprint density at radius 2 is 1.73 bits per heavy atom. The molecule has 0 radical (unpaired) electrons. The third-order valence-corrected chi connectivity index (χ3v) is 7.15. The van der Waals surface area contributed by atoms with Gasteiger partial charge in [0.05, 0.1) is 23.0 Å². The van der Waals surface area contributed by atoms with E-state index in [1.165, 1.54) is 48.3 Å². The lowest BCUT2D eigenvalue weighted by Crippen LogP contribution is -2.49. The highest BCUT2D eigenvalue weighted by molar-refractivity contribution is 5.98. The summed E-state index contributed by atoms with van der Waals surface area (Å²) < 4.78 is 41.4. The topological polar surface area (TPSA) is 187 Å². The van der Waals surface area contributed by atoms with Gasteiger partial charge in [-0.15, -0.1) is 0 Å². The minimum absolute atomic E-state index is 0.0107. The van der Waals surface area contributed by atoms with Crippen LogP contribution >= 0.6 is 0 Å². The molecular weight excluding hydrogens is 628 g/mol. The Hall–Kier alpha value is -5.96. The van der Waals surface area contributed by atoms with Crippen molar-refractivity contribution in [2.24, 2.45) is 5.73 Å². The second kappa shape index (κ2) is 13.0. The van der Waals surface area contributed by atoms with Gasteiger partial charge >= 0.3 is 12.1 Å². The molecule has 5 N–H and O–H groups in total. The third-order valence-electron chi connectivity index (χ3n) is 7.15. The van der Waals surface area contributed by atoms with Gasteiger partial charge in [0.1, 0.15) is 17.2 Å². The lowest BCUT2D eigenvalue weighted by Gasteiger charge is -2.26. The molecule has 0 aliphatic heterocycles. The van der Waals surface area contributed by atoms with Crippen molar-refractivity contribution in [2.75, 3.05) is 5.32 Å². The lowest BCUT2D eigenvalue weighted by molar-refractivity contribution is -0.144. The van der Waals surface area contributed by atoms with Crippen LogP contribution in [0.15, 0.2) is 77.6 Å². The van der Waals surface area contributed by atoms with Crippen molar-refractivity contribution < 1.29 is 37.5 Å². The molecule has 5 rings (SSSR count). The second-order valence-electron chi connectivity index (χ2n) is 11.9. The van der Waals surface area contributed by atoms with Crippen molar-refractivity contribution >= 4 is 23.7 Å². The molecule has 0 saturated heterocycles. The summed E-state index contributed by atoms with van der Waals surface area (Å²) in [4.78, 5) is 41.8. The van der Waals surface area contributed by atoms with Gasteiger partial charge in [-0.05, 0) is 81.8 Å². The first-order valence-corrected chi connectivity index (χ1v) is 14.5. The second-order valence-corrected chi connectivity index (χ2v) is 11.9. The monoisotopic (exact) mass is 659 g/mol. The summed E-state index contributed by atoms with van der Waals surface area (Å²) in [7, 11) is 0. The molecule has 5 aromatic rings. The average molecular weight is 660 g/mol. The zero-order valence-electron chi connectivity index (χ0n) is 26.2. The molecule has 1 unspecified atom stereocenters. The summed E-state index contributed by atoms with van der Waals surface area (Å²) in [6.45, 7) is 6.46. The van der Waals surface area contributed by atoms with Crippen LogP contribution in [0.25, 0.3) is 28.5 Å². The first kappa shape index (κ1) is 33.4.